The maximum Gasteiger partial charge on any atom is 0.0582 e. The fraction of sp³-hybridized carbons (Fsp3) is 0.600. The number of benzene rings is 1. The number of aliphatic hydroxyl groups excluding tert-OH is 1. The first kappa shape index (κ1) is 13.5. The van der Waals surface area contributed by atoms with E-state index in [4.69, 9.17) is 5.11 Å². The molecule has 0 bridgehead atoms. The Bertz CT molecular complexity index is 361. The van der Waals surface area contributed by atoms with Crippen molar-refractivity contribution < 1.29 is 5.11 Å². The number of hydrogen-bond acceptors (Lipinski definition) is 3. The monoisotopic (exact) mass is 248 g/mol. The Hall–Kier alpha value is -0.900. The number of nitrogens with zero attached hydrogens (tertiary/aromatic N) is 1. The molecule has 1 aliphatic heterocycles. The summed E-state index contributed by atoms with van der Waals surface area (Å²) in [5, 5.41) is 12.3. The predicted molar refractivity (Wildman–Crippen MR) is 74.3 cm³/mol. The molecule has 0 radical (unpaired) electrons. The number of rotatable bonds is 6. The minimum atomic E-state index is 0.159. The van der Waals surface area contributed by atoms with E-state index in [1.165, 1.54) is 37.1 Å². The minimum absolute atomic E-state index is 0.159. The fourth-order valence-corrected chi connectivity index (χ4v) is 2.39. The van der Waals surface area contributed by atoms with Crippen molar-refractivity contribution in [3.05, 3.63) is 35.4 Å². The van der Waals surface area contributed by atoms with E-state index in [1.807, 2.05) is 6.92 Å². The van der Waals surface area contributed by atoms with E-state index in [9.17, 15) is 0 Å². The van der Waals surface area contributed by atoms with Crippen LogP contribution in [0.1, 0.15) is 30.9 Å². The normalized spacial score (nSPS) is 18.1. The second-order valence-corrected chi connectivity index (χ2v) is 5.27. The Morgan fingerprint density at radius 1 is 1.28 bits per heavy atom. The number of aliphatic hydroxyl groups is 1. The summed E-state index contributed by atoms with van der Waals surface area (Å²) in [4.78, 5) is 2.52. The molecule has 1 saturated heterocycles. The van der Waals surface area contributed by atoms with E-state index in [0.29, 0.717) is 0 Å². The van der Waals surface area contributed by atoms with Gasteiger partial charge in [-0.25, -0.2) is 0 Å². The van der Waals surface area contributed by atoms with Gasteiger partial charge in [0.2, 0.25) is 0 Å². The fourth-order valence-electron chi connectivity index (χ4n) is 2.39. The summed E-state index contributed by atoms with van der Waals surface area (Å²) < 4.78 is 0. The van der Waals surface area contributed by atoms with Crippen LogP contribution in [0, 0.1) is 0 Å². The van der Waals surface area contributed by atoms with Gasteiger partial charge in [0, 0.05) is 19.1 Å². The average molecular weight is 248 g/mol. The van der Waals surface area contributed by atoms with Crippen molar-refractivity contribution in [3.8, 4) is 0 Å². The molecule has 1 aromatic rings. The minimum Gasteiger partial charge on any atom is -0.395 e. The SMILES string of the molecule is CC(CO)NCc1cccc(CN2CCCC2)c1. The topological polar surface area (TPSA) is 35.5 Å². The standard InChI is InChI=1S/C15H24N2O/c1-13(12-18)16-10-14-5-4-6-15(9-14)11-17-7-2-3-8-17/h4-6,9,13,16,18H,2-3,7-8,10-12H2,1H3. The first-order valence-electron chi connectivity index (χ1n) is 6.92. The Morgan fingerprint density at radius 2 is 2.00 bits per heavy atom. The van der Waals surface area contributed by atoms with E-state index in [0.717, 1.165) is 13.1 Å². The Balaban J connectivity index is 1.88. The Kier molecular flexibility index (Phi) is 5.17. The molecule has 100 valence electrons. The number of nitrogens with one attached hydrogen (secondary N) is 1. The summed E-state index contributed by atoms with van der Waals surface area (Å²) in [5.74, 6) is 0. The van der Waals surface area contributed by atoms with Crippen molar-refractivity contribution in [2.24, 2.45) is 0 Å². The highest BCUT2D eigenvalue weighted by Gasteiger charge is 2.11. The van der Waals surface area contributed by atoms with Crippen LogP contribution in [0.15, 0.2) is 24.3 Å². The first-order chi connectivity index (χ1) is 8.78. The van der Waals surface area contributed by atoms with E-state index in [1.54, 1.807) is 0 Å². The van der Waals surface area contributed by atoms with Crippen LogP contribution in [0.2, 0.25) is 0 Å². The van der Waals surface area contributed by atoms with E-state index in [2.05, 4.69) is 34.5 Å². The van der Waals surface area contributed by atoms with Crippen molar-refractivity contribution in [2.75, 3.05) is 19.7 Å². The van der Waals surface area contributed by atoms with Crippen molar-refractivity contribution >= 4 is 0 Å². The van der Waals surface area contributed by atoms with Crippen molar-refractivity contribution in [1.29, 1.82) is 0 Å². The molecule has 3 nitrogen and oxygen atoms in total. The first-order valence-corrected chi connectivity index (χ1v) is 6.92. The van der Waals surface area contributed by atoms with Crippen LogP contribution in [0.3, 0.4) is 0 Å². The molecule has 1 unspecified atom stereocenters. The average Bonchev–Trinajstić information content (AvgIpc) is 2.89. The third-order valence-corrected chi connectivity index (χ3v) is 3.52. The van der Waals surface area contributed by atoms with E-state index >= 15 is 0 Å². The van der Waals surface area contributed by atoms with Crippen LogP contribution in [0.5, 0.6) is 0 Å². The second kappa shape index (κ2) is 6.88. The molecular formula is C15H24N2O. The van der Waals surface area contributed by atoms with Crippen molar-refractivity contribution in [3.63, 3.8) is 0 Å². The molecule has 0 amide bonds. The van der Waals surface area contributed by atoms with Gasteiger partial charge in [-0.05, 0) is 44.0 Å². The maximum atomic E-state index is 8.99. The lowest BCUT2D eigenvalue weighted by molar-refractivity contribution is 0.251. The van der Waals surface area contributed by atoms with Crippen LogP contribution in [-0.2, 0) is 13.1 Å². The molecule has 0 saturated carbocycles. The molecule has 0 aliphatic carbocycles. The smallest absolute Gasteiger partial charge is 0.0582 e. The quantitative estimate of drug-likeness (QED) is 0.805. The maximum absolute atomic E-state index is 8.99. The molecule has 1 atom stereocenters. The molecule has 2 N–H and O–H groups in total. The summed E-state index contributed by atoms with van der Waals surface area (Å²) >= 11 is 0. The molecule has 3 heteroatoms. The lowest BCUT2D eigenvalue weighted by Gasteiger charge is -2.16. The highest BCUT2D eigenvalue weighted by atomic mass is 16.3. The summed E-state index contributed by atoms with van der Waals surface area (Å²) in [6.45, 7) is 6.56. The van der Waals surface area contributed by atoms with E-state index < -0.39 is 0 Å². The predicted octanol–water partition coefficient (Wildman–Crippen LogP) is 1.75. The van der Waals surface area contributed by atoms with Gasteiger partial charge in [0.1, 0.15) is 0 Å². The zero-order valence-corrected chi connectivity index (χ0v) is 11.2. The Morgan fingerprint density at radius 3 is 2.72 bits per heavy atom. The molecular weight excluding hydrogens is 224 g/mol. The van der Waals surface area contributed by atoms with Gasteiger partial charge < -0.3 is 10.4 Å². The highest BCUT2D eigenvalue weighted by Crippen LogP contribution is 2.13. The van der Waals surface area contributed by atoms with Gasteiger partial charge in [0.15, 0.2) is 0 Å². The third-order valence-electron chi connectivity index (χ3n) is 3.52. The van der Waals surface area contributed by atoms with Gasteiger partial charge in [-0.15, -0.1) is 0 Å². The Labute approximate surface area is 110 Å². The van der Waals surface area contributed by atoms with E-state index in [-0.39, 0.29) is 12.6 Å². The van der Waals surface area contributed by atoms with Gasteiger partial charge in [-0.1, -0.05) is 24.3 Å². The number of likely N-dealkylation sites (tertiary alicyclic amines) is 1. The molecule has 1 aliphatic rings. The number of hydrogen-bond donors (Lipinski definition) is 2. The largest absolute Gasteiger partial charge is 0.395 e. The molecule has 0 spiro atoms. The van der Waals surface area contributed by atoms with Gasteiger partial charge in [0.25, 0.3) is 0 Å². The van der Waals surface area contributed by atoms with Gasteiger partial charge in [-0.3, -0.25) is 4.90 Å². The summed E-state index contributed by atoms with van der Waals surface area (Å²) in [5.41, 5.74) is 2.69. The molecule has 2 rings (SSSR count). The lowest BCUT2D eigenvalue weighted by atomic mass is 10.1. The van der Waals surface area contributed by atoms with Crippen LogP contribution < -0.4 is 5.32 Å². The second-order valence-electron chi connectivity index (χ2n) is 5.27. The third kappa shape index (κ3) is 4.09. The van der Waals surface area contributed by atoms with Gasteiger partial charge in [-0.2, -0.15) is 0 Å². The summed E-state index contributed by atoms with van der Waals surface area (Å²) in [7, 11) is 0. The lowest BCUT2D eigenvalue weighted by Crippen LogP contribution is -2.28. The molecule has 18 heavy (non-hydrogen) atoms. The van der Waals surface area contributed by atoms with Crippen LogP contribution >= 0.6 is 0 Å². The molecule has 1 aromatic carbocycles. The molecule has 1 fully saturated rings. The summed E-state index contributed by atoms with van der Waals surface area (Å²) in [6, 6.07) is 8.91. The van der Waals surface area contributed by atoms with Crippen LogP contribution in [-0.4, -0.2) is 35.7 Å². The summed E-state index contributed by atoms with van der Waals surface area (Å²) in [6.07, 6.45) is 2.69. The zero-order valence-electron chi connectivity index (χ0n) is 11.2. The van der Waals surface area contributed by atoms with Gasteiger partial charge in [0.05, 0.1) is 6.61 Å². The zero-order chi connectivity index (χ0) is 12.8. The van der Waals surface area contributed by atoms with Crippen LogP contribution in [0.25, 0.3) is 0 Å². The van der Waals surface area contributed by atoms with Crippen molar-refractivity contribution in [1.82, 2.24) is 10.2 Å². The van der Waals surface area contributed by atoms with Crippen LogP contribution in [0.4, 0.5) is 0 Å². The highest BCUT2D eigenvalue weighted by molar-refractivity contribution is 5.23. The van der Waals surface area contributed by atoms with Crippen molar-refractivity contribution in [2.45, 2.75) is 38.9 Å². The molecule has 0 aromatic heterocycles. The molecule has 1 heterocycles. The van der Waals surface area contributed by atoms with Gasteiger partial charge >= 0.3 is 0 Å².